The Morgan fingerprint density at radius 3 is 2.58 bits per heavy atom. The first-order valence-corrected chi connectivity index (χ1v) is 13.5. The molecule has 8 heteroatoms. The number of aromatic nitrogens is 3. The smallest absolute Gasteiger partial charge is 0.160 e. The highest BCUT2D eigenvalue weighted by molar-refractivity contribution is 5.88. The van der Waals surface area contributed by atoms with Gasteiger partial charge in [0.25, 0.3) is 0 Å². The number of nitrogens with zero attached hydrogens (tertiary/aromatic N) is 5. The average molecular weight is 514 g/mol. The molecule has 0 bridgehead atoms. The number of fused-ring (bicyclic) bond motifs is 1. The zero-order chi connectivity index (χ0) is 26.2. The molecular weight excluding hydrogens is 478 g/mol. The molecule has 1 atom stereocenters. The van der Waals surface area contributed by atoms with E-state index in [1.807, 2.05) is 49.0 Å². The van der Waals surface area contributed by atoms with Crippen LogP contribution in [0.25, 0.3) is 11.4 Å². The molecule has 6 rings (SSSR count). The number of rotatable bonds is 6. The van der Waals surface area contributed by atoms with Gasteiger partial charge in [-0.2, -0.15) is 5.10 Å². The van der Waals surface area contributed by atoms with Gasteiger partial charge in [0.2, 0.25) is 0 Å². The highest BCUT2D eigenvalue weighted by Gasteiger charge is 2.30. The SMILES string of the molecule is Cc1cc(C)n(-c2nc(C3=CC=Nc4cc(OC5CCN(C6COC6)CC5)ccc4C3)ccc2C(C)O)n1. The number of aliphatic hydroxyl groups excluding tert-OH is 1. The summed E-state index contributed by atoms with van der Waals surface area (Å²) in [5, 5.41) is 15.0. The predicted molar refractivity (Wildman–Crippen MR) is 148 cm³/mol. The first-order chi connectivity index (χ1) is 18.4. The number of hydrogen-bond acceptors (Lipinski definition) is 7. The zero-order valence-corrected chi connectivity index (χ0v) is 22.3. The van der Waals surface area contributed by atoms with Crippen LogP contribution in [0.5, 0.6) is 5.75 Å². The minimum absolute atomic E-state index is 0.234. The lowest BCUT2D eigenvalue weighted by molar-refractivity contribution is -0.0778. The lowest BCUT2D eigenvalue weighted by Crippen LogP contribution is -2.52. The molecule has 2 aromatic heterocycles. The van der Waals surface area contributed by atoms with Crippen LogP contribution in [-0.4, -0.2) is 69.4 Å². The zero-order valence-electron chi connectivity index (χ0n) is 22.3. The number of piperidine rings is 1. The van der Waals surface area contributed by atoms with Gasteiger partial charge in [-0.25, -0.2) is 9.67 Å². The van der Waals surface area contributed by atoms with Gasteiger partial charge in [0.15, 0.2) is 5.82 Å². The van der Waals surface area contributed by atoms with E-state index in [-0.39, 0.29) is 6.10 Å². The molecule has 3 aliphatic heterocycles. The predicted octanol–water partition coefficient (Wildman–Crippen LogP) is 4.52. The Morgan fingerprint density at radius 2 is 1.89 bits per heavy atom. The summed E-state index contributed by atoms with van der Waals surface area (Å²) < 4.78 is 13.5. The normalized spacial score (nSPS) is 19.4. The van der Waals surface area contributed by atoms with Crippen molar-refractivity contribution >= 4 is 17.5 Å². The standard InChI is InChI=1S/C30H35N5O3/c1-19-14-20(2)35(33-19)30-27(21(3)36)6-7-28(32-30)23-8-11-31-29-16-26(5-4-22(29)15-23)38-25-9-12-34(13-10-25)24-17-37-18-24/h4-8,11,14,16,21,24-25,36H,9-10,12-13,15,17-18H2,1-3H3. The van der Waals surface area contributed by atoms with Crippen molar-refractivity contribution in [3.63, 3.8) is 0 Å². The minimum Gasteiger partial charge on any atom is -0.490 e. The lowest BCUT2D eigenvalue weighted by atomic mass is 10.00. The van der Waals surface area contributed by atoms with Gasteiger partial charge in [0, 0.05) is 43.0 Å². The third-order valence-corrected chi connectivity index (χ3v) is 7.74. The van der Waals surface area contributed by atoms with Crippen molar-refractivity contribution in [1.82, 2.24) is 19.7 Å². The molecular formula is C30H35N5O3. The van der Waals surface area contributed by atoms with Crippen LogP contribution >= 0.6 is 0 Å². The summed E-state index contributed by atoms with van der Waals surface area (Å²) >= 11 is 0. The number of likely N-dealkylation sites (tertiary alicyclic amines) is 1. The molecule has 1 unspecified atom stereocenters. The summed E-state index contributed by atoms with van der Waals surface area (Å²) in [7, 11) is 0. The molecule has 0 radical (unpaired) electrons. The molecule has 198 valence electrons. The second-order valence-electron chi connectivity index (χ2n) is 10.6. The van der Waals surface area contributed by atoms with Crippen molar-refractivity contribution in [2.24, 2.45) is 4.99 Å². The Hall–Kier alpha value is -3.33. The van der Waals surface area contributed by atoms with Gasteiger partial charge in [0.05, 0.1) is 42.4 Å². The number of aliphatic imine (C=N–C) groups is 1. The van der Waals surface area contributed by atoms with E-state index in [2.05, 4.69) is 28.2 Å². The van der Waals surface area contributed by atoms with E-state index in [0.717, 1.165) is 84.4 Å². The van der Waals surface area contributed by atoms with Crippen LogP contribution in [0.15, 0.2) is 47.5 Å². The van der Waals surface area contributed by atoms with E-state index in [4.69, 9.17) is 19.5 Å². The Morgan fingerprint density at radius 1 is 1.08 bits per heavy atom. The Kier molecular flexibility index (Phi) is 6.86. The number of ether oxygens (including phenoxy) is 2. The van der Waals surface area contributed by atoms with E-state index < -0.39 is 6.10 Å². The second kappa shape index (κ2) is 10.4. The van der Waals surface area contributed by atoms with Crippen LogP contribution < -0.4 is 4.74 Å². The fourth-order valence-electron chi connectivity index (χ4n) is 5.50. The second-order valence-corrected chi connectivity index (χ2v) is 10.6. The fraction of sp³-hybridized carbons (Fsp3) is 0.433. The maximum absolute atomic E-state index is 10.4. The Bertz CT molecular complexity index is 1380. The third kappa shape index (κ3) is 5.04. The quantitative estimate of drug-likeness (QED) is 0.522. The van der Waals surface area contributed by atoms with Crippen molar-refractivity contribution in [3.8, 4) is 11.6 Å². The summed E-state index contributed by atoms with van der Waals surface area (Å²) in [5.41, 5.74) is 6.61. The third-order valence-electron chi connectivity index (χ3n) is 7.74. The van der Waals surface area contributed by atoms with E-state index in [9.17, 15) is 5.11 Å². The minimum atomic E-state index is -0.654. The summed E-state index contributed by atoms with van der Waals surface area (Å²) in [5.74, 6) is 1.53. The molecule has 1 N–H and O–H groups in total. The van der Waals surface area contributed by atoms with Crippen molar-refractivity contribution in [2.75, 3.05) is 26.3 Å². The molecule has 1 aromatic carbocycles. The molecule has 0 spiro atoms. The van der Waals surface area contributed by atoms with Gasteiger partial charge in [-0.15, -0.1) is 0 Å². The van der Waals surface area contributed by atoms with Crippen LogP contribution in [0.2, 0.25) is 0 Å². The van der Waals surface area contributed by atoms with Crippen LogP contribution in [0.1, 0.15) is 54.1 Å². The molecule has 0 amide bonds. The monoisotopic (exact) mass is 513 g/mol. The van der Waals surface area contributed by atoms with Crippen LogP contribution in [-0.2, 0) is 11.2 Å². The van der Waals surface area contributed by atoms with Crippen LogP contribution in [0.4, 0.5) is 5.69 Å². The van der Waals surface area contributed by atoms with E-state index >= 15 is 0 Å². The molecule has 3 aliphatic rings. The Balaban J connectivity index is 1.19. The van der Waals surface area contributed by atoms with E-state index in [1.54, 1.807) is 6.92 Å². The number of allylic oxidation sites excluding steroid dienone is 2. The van der Waals surface area contributed by atoms with Gasteiger partial charge >= 0.3 is 0 Å². The molecule has 2 saturated heterocycles. The average Bonchev–Trinajstić information content (AvgIpc) is 3.07. The van der Waals surface area contributed by atoms with Gasteiger partial charge in [-0.3, -0.25) is 9.89 Å². The highest BCUT2D eigenvalue weighted by Crippen LogP contribution is 2.33. The van der Waals surface area contributed by atoms with Crippen molar-refractivity contribution < 1.29 is 14.6 Å². The van der Waals surface area contributed by atoms with Gasteiger partial charge in [-0.1, -0.05) is 12.1 Å². The molecule has 2 fully saturated rings. The van der Waals surface area contributed by atoms with Crippen molar-refractivity contribution in [1.29, 1.82) is 0 Å². The van der Waals surface area contributed by atoms with E-state index in [0.29, 0.717) is 18.3 Å². The molecule has 8 nitrogen and oxygen atoms in total. The van der Waals surface area contributed by atoms with Gasteiger partial charge in [-0.05, 0) is 69.0 Å². The molecule has 0 aliphatic carbocycles. The molecule has 3 aromatic rings. The summed E-state index contributed by atoms with van der Waals surface area (Å²) in [4.78, 5) is 12.2. The maximum atomic E-state index is 10.4. The van der Waals surface area contributed by atoms with Crippen molar-refractivity contribution in [2.45, 2.75) is 58.3 Å². The largest absolute Gasteiger partial charge is 0.490 e. The van der Waals surface area contributed by atoms with Crippen LogP contribution in [0, 0.1) is 13.8 Å². The van der Waals surface area contributed by atoms with Crippen LogP contribution in [0.3, 0.4) is 0 Å². The summed E-state index contributed by atoms with van der Waals surface area (Å²) in [6, 6.07) is 12.8. The first kappa shape index (κ1) is 25.0. The topological polar surface area (TPSA) is 85.0 Å². The maximum Gasteiger partial charge on any atom is 0.160 e. The summed E-state index contributed by atoms with van der Waals surface area (Å²) in [6.07, 6.45) is 6.22. The highest BCUT2D eigenvalue weighted by atomic mass is 16.5. The number of aliphatic hydroxyl groups is 1. The number of benzene rings is 1. The van der Waals surface area contributed by atoms with Crippen molar-refractivity contribution in [3.05, 3.63) is 70.7 Å². The number of hydrogen-bond donors (Lipinski definition) is 1. The van der Waals surface area contributed by atoms with Gasteiger partial charge in [0.1, 0.15) is 11.9 Å². The van der Waals surface area contributed by atoms with Gasteiger partial charge < -0.3 is 14.6 Å². The molecule has 38 heavy (non-hydrogen) atoms. The lowest BCUT2D eigenvalue weighted by Gasteiger charge is -2.41. The number of aryl methyl sites for hydroxylation is 2. The first-order valence-electron chi connectivity index (χ1n) is 13.5. The number of pyridine rings is 1. The molecule has 0 saturated carbocycles. The van der Waals surface area contributed by atoms with E-state index in [1.165, 1.54) is 0 Å². The summed E-state index contributed by atoms with van der Waals surface area (Å²) in [6.45, 7) is 9.59. The Labute approximate surface area is 223 Å². The fourth-order valence-corrected chi connectivity index (χ4v) is 5.50. The molecule has 5 heterocycles.